The Morgan fingerprint density at radius 3 is 2.47 bits per heavy atom. The normalized spacial score (nSPS) is 12.8. The van der Waals surface area contributed by atoms with Gasteiger partial charge in [0.25, 0.3) is 5.91 Å². The molecule has 0 aliphatic rings. The van der Waals surface area contributed by atoms with Crippen LogP contribution in [0.4, 0.5) is 0 Å². The molecule has 0 bridgehead atoms. The molecule has 1 aromatic rings. The summed E-state index contributed by atoms with van der Waals surface area (Å²) >= 11 is 0. The van der Waals surface area contributed by atoms with E-state index in [0.717, 1.165) is 11.5 Å². The molecular weight excluding hydrogens is 218 g/mol. The van der Waals surface area contributed by atoms with Crippen molar-refractivity contribution in [2.24, 2.45) is 0 Å². The van der Waals surface area contributed by atoms with Crippen molar-refractivity contribution in [3.8, 4) is 0 Å². The number of hydrogen-bond acceptors (Lipinski definition) is 3. The molecule has 1 atom stereocenters. The predicted molar refractivity (Wildman–Crippen MR) is 65.6 cm³/mol. The quantitative estimate of drug-likeness (QED) is 0.792. The molecule has 1 aromatic heterocycles. The maximum Gasteiger partial charge on any atom is 0.252 e. The molecule has 0 saturated heterocycles. The summed E-state index contributed by atoms with van der Waals surface area (Å²) in [6, 6.07) is 3.92. The summed E-state index contributed by atoms with van der Waals surface area (Å²) < 4.78 is 10.6. The highest BCUT2D eigenvalue weighted by Crippen LogP contribution is 2.13. The molecule has 0 aromatic carbocycles. The molecule has 0 aliphatic carbocycles. The van der Waals surface area contributed by atoms with Crippen LogP contribution < -0.4 is 0 Å². The molecule has 0 N–H and O–H groups in total. The minimum Gasteiger partial charge on any atom is -0.464 e. The van der Waals surface area contributed by atoms with E-state index in [9.17, 15) is 4.79 Å². The first-order chi connectivity index (χ1) is 7.95. The van der Waals surface area contributed by atoms with Crippen molar-refractivity contribution in [2.45, 2.75) is 46.4 Å². The lowest BCUT2D eigenvalue weighted by Crippen LogP contribution is -2.42. The van der Waals surface area contributed by atoms with Gasteiger partial charge in [-0.25, -0.2) is 0 Å². The van der Waals surface area contributed by atoms with Gasteiger partial charge in [0.05, 0.1) is 6.54 Å². The van der Waals surface area contributed by atoms with Crippen molar-refractivity contribution in [1.82, 2.24) is 4.90 Å². The van der Waals surface area contributed by atoms with Crippen molar-refractivity contribution in [2.75, 3.05) is 7.11 Å². The molecule has 0 aliphatic heterocycles. The Balaban J connectivity index is 2.76. The predicted octanol–water partition coefficient (Wildman–Crippen LogP) is 2.36. The van der Waals surface area contributed by atoms with Gasteiger partial charge >= 0.3 is 0 Å². The van der Waals surface area contributed by atoms with Gasteiger partial charge in [0.1, 0.15) is 17.6 Å². The van der Waals surface area contributed by atoms with Crippen LogP contribution in [0.1, 0.15) is 32.3 Å². The number of aryl methyl sites for hydroxylation is 1. The number of ether oxygens (including phenoxy) is 1. The summed E-state index contributed by atoms with van der Waals surface area (Å²) in [7, 11) is 1.54. The maximum atomic E-state index is 12.1. The highest BCUT2D eigenvalue weighted by atomic mass is 16.5. The third-order valence-electron chi connectivity index (χ3n) is 2.73. The van der Waals surface area contributed by atoms with Crippen LogP contribution in [0.15, 0.2) is 16.5 Å². The first-order valence-electron chi connectivity index (χ1n) is 5.84. The van der Waals surface area contributed by atoms with Gasteiger partial charge in [0.2, 0.25) is 0 Å². The molecule has 4 heteroatoms. The lowest BCUT2D eigenvalue weighted by Gasteiger charge is -2.28. The van der Waals surface area contributed by atoms with E-state index in [2.05, 4.69) is 0 Å². The van der Waals surface area contributed by atoms with Gasteiger partial charge in [-0.05, 0) is 39.8 Å². The summed E-state index contributed by atoms with van der Waals surface area (Å²) in [6.45, 7) is 8.10. The fraction of sp³-hybridized carbons (Fsp3) is 0.615. The molecule has 0 fully saturated rings. The van der Waals surface area contributed by atoms with E-state index in [4.69, 9.17) is 9.15 Å². The van der Waals surface area contributed by atoms with Crippen LogP contribution in [-0.4, -0.2) is 30.1 Å². The van der Waals surface area contributed by atoms with Gasteiger partial charge in [-0.3, -0.25) is 4.79 Å². The maximum absolute atomic E-state index is 12.1. The Morgan fingerprint density at radius 1 is 1.41 bits per heavy atom. The first-order valence-corrected chi connectivity index (χ1v) is 5.84. The molecule has 1 heterocycles. The van der Waals surface area contributed by atoms with E-state index >= 15 is 0 Å². The summed E-state index contributed by atoms with van der Waals surface area (Å²) in [6.07, 6.45) is -0.423. The van der Waals surface area contributed by atoms with Gasteiger partial charge in [-0.1, -0.05) is 0 Å². The van der Waals surface area contributed by atoms with Gasteiger partial charge in [-0.2, -0.15) is 0 Å². The SMILES string of the molecule is COC(C)C(=O)N(Cc1ccc(C)o1)C(C)C. The van der Waals surface area contributed by atoms with Gasteiger partial charge in [0.15, 0.2) is 0 Å². The molecule has 0 spiro atoms. The average Bonchev–Trinajstić information content (AvgIpc) is 2.69. The molecule has 1 unspecified atom stereocenters. The second kappa shape index (κ2) is 5.87. The van der Waals surface area contributed by atoms with E-state index in [1.807, 2.05) is 32.9 Å². The third kappa shape index (κ3) is 3.60. The fourth-order valence-corrected chi connectivity index (χ4v) is 1.59. The summed E-state index contributed by atoms with van der Waals surface area (Å²) in [5, 5.41) is 0. The summed E-state index contributed by atoms with van der Waals surface area (Å²) in [5.41, 5.74) is 0. The van der Waals surface area contributed by atoms with Crippen molar-refractivity contribution >= 4 is 5.91 Å². The molecule has 4 nitrogen and oxygen atoms in total. The topological polar surface area (TPSA) is 42.7 Å². The van der Waals surface area contributed by atoms with Gasteiger partial charge < -0.3 is 14.1 Å². The van der Waals surface area contributed by atoms with Gasteiger partial charge in [0, 0.05) is 13.2 Å². The molecule has 96 valence electrons. The highest BCUT2D eigenvalue weighted by Gasteiger charge is 2.23. The average molecular weight is 239 g/mol. The number of amides is 1. The number of carbonyl (C=O) groups excluding carboxylic acids is 1. The zero-order chi connectivity index (χ0) is 13.0. The van der Waals surface area contributed by atoms with Crippen molar-refractivity contribution < 1.29 is 13.9 Å². The van der Waals surface area contributed by atoms with Crippen molar-refractivity contribution in [3.05, 3.63) is 23.7 Å². The van der Waals surface area contributed by atoms with Crippen LogP contribution >= 0.6 is 0 Å². The lowest BCUT2D eigenvalue weighted by atomic mass is 10.2. The van der Waals surface area contributed by atoms with E-state index in [1.165, 1.54) is 7.11 Å². The number of hydrogen-bond donors (Lipinski definition) is 0. The third-order valence-corrected chi connectivity index (χ3v) is 2.73. The van der Waals surface area contributed by atoms with E-state index < -0.39 is 6.10 Å². The molecule has 0 saturated carbocycles. The minimum absolute atomic E-state index is 0.0171. The van der Waals surface area contributed by atoms with E-state index in [1.54, 1.807) is 11.8 Å². The van der Waals surface area contributed by atoms with Gasteiger partial charge in [-0.15, -0.1) is 0 Å². The van der Waals surface area contributed by atoms with Crippen LogP contribution in [0.3, 0.4) is 0 Å². The van der Waals surface area contributed by atoms with E-state index in [0.29, 0.717) is 6.54 Å². The molecule has 1 amide bonds. The van der Waals surface area contributed by atoms with Crippen LogP contribution in [-0.2, 0) is 16.1 Å². The van der Waals surface area contributed by atoms with E-state index in [-0.39, 0.29) is 11.9 Å². The Bertz CT molecular complexity index is 370. The summed E-state index contributed by atoms with van der Waals surface area (Å²) in [5.74, 6) is 1.64. The fourth-order valence-electron chi connectivity index (χ4n) is 1.59. The smallest absolute Gasteiger partial charge is 0.252 e. The molecule has 0 radical (unpaired) electrons. The number of methoxy groups -OCH3 is 1. The molecule has 1 rings (SSSR count). The zero-order valence-corrected chi connectivity index (χ0v) is 11.2. The number of nitrogens with zero attached hydrogens (tertiary/aromatic N) is 1. The van der Waals surface area contributed by atoms with Crippen LogP contribution in [0.5, 0.6) is 0 Å². The monoisotopic (exact) mass is 239 g/mol. The van der Waals surface area contributed by atoms with Crippen LogP contribution in [0, 0.1) is 6.92 Å². The second-order valence-electron chi connectivity index (χ2n) is 4.45. The van der Waals surface area contributed by atoms with Crippen LogP contribution in [0.2, 0.25) is 0 Å². The summed E-state index contributed by atoms with van der Waals surface area (Å²) in [4.78, 5) is 13.8. The lowest BCUT2D eigenvalue weighted by molar-refractivity contribution is -0.143. The number of furan rings is 1. The Morgan fingerprint density at radius 2 is 2.06 bits per heavy atom. The van der Waals surface area contributed by atoms with Crippen molar-refractivity contribution in [1.29, 1.82) is 0 Å². The Labute approximate surface area is 103 Å². The largest absolute Gasteiger partial charge is 0.464 e. The second-order valence-corrected chi connectivity index (χ2v) is 4.45. The number of rotatable bonds is 5. The minimum atomic E-state index is -0.423. The van der Waals surface area contributed by atoms with Crippen molar-refractivity contribution in [3.63, 3.8) is 0 Å². The number of carbonyl (C=O) groups is 1. The standard InChI is InChI=1S/C13H21NO3/c1-9(2)14(13(15)11(4)16-5)8-12-7-6-10(3)17-12/h6-7,9,11H,8H2,1-5H3. The highest BCUT2D eigenvalue weighted by molar-refractivity contribution is 5.80. The Hall–Kier alpha value is -1.29. The first kappa shape index (κ1) is 13.8. The Kier molecular flexibility index (Phi) is 4.75. The zero-order valence-electron chi connectivity index (χ0n) is 11.2. The van der Waals surface area contributed by atoms with Crippen LogP contribution in [0.25, 0.3) is 0 Å². The molecular formula is C13H21NO3. The molecule has 17 heavy (non-hydrogen) atoms.